The molecular weight excluding hydrogens is 252 g/mol. The Balaban J connectivity index is 1.58. The lowest BCUT2D eigenvalue weighted by Crippen LogP contribution is -2.46. The minimum atomic E-state index is -0.649. The Morgan fingerprint density at radius 1 is 1.25 bits per heavy atom. The molecule has 1 heterocycles. The van der Waals surface area contributed by atoms with Gasteiger partial charge in [0.1, 0.15) is 5.54 Å². The molecule has 20 heavy (non-hydrogen) atoms. The SMILES string of the molecule is CC1(C2CC2)NC(=O)N(CCCc2ccccc2)C1=O. The fraction of sp³-hybridized carbons (Fsp3) is 0.500. The van der Waals surface area contributed by atoms with Gasteiger partial charge in [-0.2, -0.15) is 0 Å². The van der Waals surface area contributed by atoms with Crippen molar-refractivity contribution in [1.29, 1.82) is 0 Å². The van der Waals surface area contributed by atoms with Crippen molar-refractivity contribution in [3.8, 4) is 0 Å². The van der Waals surface area contributed by atoms with Gasteiger partial charge in [-0.3, -0.25) is 9.69 Å². The van der Waals surface area contributed by atoms with Crippen molar-refractivity contribution in [2.75, 3.05) is 6.54 Å². The lowest BCUT2D eigenvalue weighted by atomic mass is 9.96. The monoisotopic (exact) mass is 272 g/mol. The molecule has 0 radical (unpaired) electrons. The molecule has 1 atom stereocenters. The molecule has 1 N–H and O–H groups in total. The van der Waals surface area contributed by atoms with Gasteiger partial charge >= 0.3 is 6.03 Å². The molecule has 4 heteroatoms. The molecule has 1 aliphatic heterocycles. The molecule has 1 aliphatic carbocycles. The van der Waals surface area contributed by atoms with Gasteiger partial charge in [-0.1, -0.05) is 30.3 Å². The molecule has 1 saturated carbocycles. The molecule has 3 rings (SSSR count). The number of imide groups is 1. The van der Waals surface area contributed by atoms with Crippen LogP contribution in [-0.4, -0.2) is 28.9 Å². The average Bonchev–Trinajstić information content (AvgIpc) is 3.25. The summed E-state index contributed by atoms with van der Waals surface area (Å²) in [7, 11) is 0. The van der Waals surface area contributed by atoms with Gasteiger partial charge < -0.3 is 5.32 Å². The van der Waals surface area contributed by atoms with E-state index in [1.54, 1.807) is 0 Å². The van der Waals surface area contributed by atoms with Gasteiger partial charge in [0.15, 0.2) is 0 Å². The Hall–Kier alpha value is -1.84. The van der Waals surface area contributed by atoms with E-state index in [0.29, 0.717) is 12.5 Å². The summed E-state index contributed by atoms with van der Waals surface area (Å²) < 4.78 is 0. The predicted octanol–water partition coefficient (Wildman–Crippen LogP) is 2.34. The van der Waals surface area contributed by atoms with Crippen molar-refractivity contribution in [2.24, 2.45) is 5.92 Å². The summed E-state index contributed by atoms with van der Waals surface area (Å²) in [5.41, 5.74) is 0.591. The first-order valence-electron chi connectivity index (χ1n) is 7.29. The topological polar surface area (TPSA) is 49.4 Å². The minimum Gasteiger partial charge on any atom is -0.323 e. The van der Waals surface area contributed by atoms with E-state index in [0.717, 1.165) is 25.7 Å². The van der Waals surface area contributed by atoms with Crippen molar-refractivity contribution >= 4 is 11.9 Å². The fourth-order valence-electron chi connectivity index (χ4n) is 2.94. The summed E-state index contributed by atoms with van der Waals surface area (Å²) >= 11 is 0. The number of benzene rings is 1. The molecule has 4 nitrogen and oxygen atoms in total. The van der Waals surface area contributed by atoms with Gasteiger partial charge in [0.25, 0.3) is 5.91 Å². The average molecular weight is 272 g/mol. The minimum absolute atomic E-state index is 0.0435. The number of hydrogen-bond donors (Lipinski definition) is 1. The molecule has 106 valence electrons. The quantitative estimate of drug-likeness (QED) is 0.836. The van der Waals surface area contributed by atoms with Crippen molar-refractivity contribution in [2.45, 2.75) is 38.1 Å². The maximum Gasteiger partial charge on any atom is 0.325 e. The highest BCUT2D eigenvalue weighted by Crippen LogP contribution is 2.42. The number of nitrogens with zero attached hydrogens (tertiary/aromatic N) is 1. The number of hydrogen-bond acceptors (Lipinski definition) is 2. The molecule has 0 aromatic heterocycles. The molecule has 1 saturated heterocycles. The molecular formula is C16H20N2O2. The van der Waals surface area contributed by atoms with Crippen LogP contribution in [0.1, 0.15) is 31.7 Å². The van der Waals surface area contributed by atoms with E-state index in [2.05, 4.69) is 17.4 Å². The van der Waals surface area contributed by atoms with E-state index in [4.69, 9.17) is 0 Å². The lowest BCUT2D eigenvalue weighted by molar-refractivity contribution is -0.131. The van der Waals surface area contributed by atoms with Gasteiger partial charge in [0, 0.05) is 6.54 Å². The van der Waals surface area contributed by atoms with E-state index in [-0.39, 0.29) is 11.9 Å². The molecule has 2 aliphatic rings. The largest absolute Gasteiger partial charge is 0.325 e. The number of aryl methyl sites for hydroxylation is 1. The third-order valence-electron chi connectivity index (χ3n) is 4.39. The highest BCUT2D eigenvalue weighted by molar-refractivity contribution is 6.07. The molecule has 1 aromatic rings. The second-order valence-corrected chi connectivity index (χ2v) is 5.95. The maximum absolute atomic E-state index is 12.4. The normalized spacial score (nSPS) is 25.9. The smallest absolute Gasteiger partial charge is 0.323 e. The fourth-order valence-corrected chi connectivity index (χ4v) is 2.94. The Morgan fingerprint density at radius 3 is 2.60 bits per heavy atom. The van der Waals surface area contributed by atoms with Crippen LogP contribution < -0.4 is 5.32 Å². The Bertz CT molecular complexity index is 525. The van der Waals surface area contributed by atoms with Crippen LogP contribution >= 0.6 is 0 Å². The highest BCUT2D eigenvalue weighted by Gasteiger charge is 2.55. The van der Waals surface area contributed by atoms with Gasteiger partial charge in [0.05, 0.1) is 0 Å². The zero-order chi connectivity index (χ0) is 14.2. The molecule has 1 unspecified atom stereocenters. The maximum atomic E-state index is 12.4. The number of rotatable bonds is 5. The second-order valence-electron chi connectivity index (χ2n) is 5.95. The highest BCUT2D eigenvalue weighted by atomic mass is 16.2. The Morgan fingerprint density at radius 2 is 1.95 bits per heavy atom. The first kappa shape index (κ1) is 13.2. The molecule has 0 spiro atoms. The zero-order valence-electron chi connectivity index (χ0n) is 11.8. The molecule has 1 aromatic carbocycles. The van der Waals surface area contributed by atoms with Crippen molar-refractivity contribution in [3.05, 3.63) is 35.9 Å². The van der Waals surface area contributed by atoms with Crippen molar-refractivity contribution < 1.29 is 9.59 Å². The van der Waals surface area contributed by atoms with E-state index in [1.165, 1.54) is 10.5 Å². The summed E-state index contributed by atoms with van der Waals surface area (Å²) in [6, 6.07) is 9.92. The summed E-state index contributed by atoms with van der Waals surface area (Å²) in [6.07, 6.45) is 3.78. The van der Waals surface area contributed by atoms with Crippen LogP contribution in [-0.2, 0) is 11.2 Å². The van der Waals surface area contributed by atoms with Crippen LogP contribution in [0.15, 0.2) is 30.3 Å². The third-order valence-corrected chi connectivity index (χ3v) is 4.39. The molecule has 3 amide bonds. The number of urea groups is 1. The predicted molar refractivity (Wildman–Crippen MR) is 76.1 cm³/mol. The first-order chi connectivity index (χ1) is 9.61. The lowest BCUT2D eigenvalue weighted by Gasteiger charge is -2.20. The summed E-state index contributed by atoms with van der Waals surface area (Å²) in [6.45, 7) is 2.37. The number of carbonyl (C=O) groups excluding carboxylic acids is 2. The van der Waals surface area contributed by atoms with E-state index in [1.807, 2.05) is 25.1 Å². The summed E-state index contributed by atoms with van der Waals surface area (Å²) in [5.74, 6) is 0.288. The Labute approximate surface area is 119 Å². The Kier molecular flexibility index (Phi) is 3.24. The van der Waals surface area contributed by atoms with Crippen LogP contribution in [0, 0.1) is 5.92 Å². The van der Waals surface area contributed by atoms with Crippen molar-refractivity contribution in [1.82, 2.24) is 10.2 Å². The number of amides is 3. The standard InChI is InChI=1S/C16H20N2O2/c1-16(13-9-10-13)14(19)18(15(20)17-16)11-5-8-12-6-3-2-4-7-12/h2-4,6-7,13H,5,8-11H2,1H3,(H,17,20). The van der Waals surface area contributed by atoms with Crippen LogP contribution in [0.5, 0.6) is 0 Å². The summed E-state index contributed by atoms with van der Waals surface area (Å²) in [4.78, 5) is 25.8. The van der Waals surface area contributed by atoms with E-state index < -0.39 is 5.54 Å². The second kappa shape index (κ2) is 4.93. The van der Waals surface area contributed by atoms with E-state index >= 15 is 0 Å². The number of carbonyl (C=O) groups is 2. The van der Waals surface area contributed by atoms with Gasteiger partial charge in [-0.25, -0.2) is 4.79 Å². The van der Waals surface area contributed by atoms with Crippen LogP contribution in [0.4, 0.5) is 4.79 Å². The van der Waals surface area contributed by atoms with E-state index in [9.17, 15) is 9.59 Å². The molecule has 2 fully saturated rings. The summed E-state index contributed by atoms with van der Waals surface area (Å²) in [5, 5.41) is 2.88. The van der Waals surface area contributed by atoms with Gasteiger partial charge in [-0.05, 0) is 44.1 Å². The van der Waals surface area contributed by atoms with Crippen molar-refractivity contribution in [3.63, 3.8) is 0 Å². The van der Waals surface area contributed by atoms with Gasteiger partial charge in [-0.15, -0.1) is 0 Å². The van der Waals surface area contributed by atoms with Crippen LogP contribution in [0.2, 0.25) is 0 Å². The van der Waals surface area contributed by atoms with Crippen LogP contribution in [0.3, 0.4) is 0 Å². The first-order valence-corrected chi connectivity index (χ1v) is 7.29. The number of nitrogens with one attached hydrogen (secondary N) is 1. The van der Waals surface area contributed by atoms with Gasteiger partial charge in [0.2, 0.25) is 0 Å². The zero-order valence-corrected chi connectivity index (χ0v) is 11.8. The third kappa shape index (κ3) is 2.30. The molecule has 0 bridgehead atoms. The van der Waals surface area contributed by atoms with Crippen LogP contribution in [0.25, 0.3) is 0 Å².